The molecule has 5 rings (SSSR count). The van der Waals surface area contributed by atoms with Gasteiger partial charge in [0.1, 0.15) is 12.2 Å². The van der Waals surface area contributed by atoms with Gasteiger partial charge in [-0.25, -0.2) is 8.42 Å². The summed E-state index contributed by atoms with van der Waals surface area (Å²) in [5.74, 6) is -0.0668. The molecule has 0 bridgehead atoms. The first-order chi connectivity index (χ1) is 35.2. The zero-order valence-electron chi connectivity index (χ0n) is 51.5. The van der Waals surface area contributed by atoms with E-state index in [1.54, 1.807) is 24.3 Å². The molecule has 0 saturated carbocycles. The molecule has 0 aromatic heterocycles. The number of hydrogen-bond acceptors (Lipinski definition) is 9. The van der Waals surface area contributed by atoms with Crippen molar-refractivity contribution in [1.29, 1.82) is 0 Å². The molecule has 0 N–H and O–H groups in total. The van der Waals surface area contributed by atoms with Crippen molar-refractivity contribution in [3.05, 3.63) is 127 Å². The van der Waals surface area contributed by atoms with E-state index in [-0.39, 0.29) is 27.3 Å². The highest BCUT2D eigenvalue weighted by Gasteiger charge is 2.59. The van der Waals surface area contributed by atoms with E-state index in [1.165, 1.54) is 10.4 Å². The lowest BCUT2D eigenvalue weighted by atomic mass is 9.88. The standard InChI is InChI=1S/C62H102O9SSi5/c1-58(2,3)75(18,19)69-53(42-44-66-77(60(7,8)9,51-38-30-24-31-39-51)52-40-32-25-33-41-52)57(65-48-49-34-26-22-27-35-49)62(11)47-55(70-76(20,21)59(4,5)6)56(67-62)54(68-73(12,13)14)46-61(10,71-74(15,16)17)43-45-72(63,64)50-36-28-23-29-37-50/h22-41,53-57H,42-48H2,1-21H3/t53-,54+,55-,56+,57-,61-,62+/m0/s1. The molecule has 7 atom stereocenters. The summed E-state index contributed by atoms with van der Waals surface area (Å²) >= 11 is 0. The lowest BCUT2D eigenvalue weighted by Gasteiger charge is -2.46. The van der Waals surface area contributed by atoms with Crippen LogP contribution in [0.1, 0.15) is 107 Å². The Labute approximate surface area is 473 Å². The molecule has 4 aromatic carbocycles. The molecule has 9 nitrogen and oxygen atoms in total. The van der Waals surface area contributed by atoms with Crippen molar-refractivity contribution in [2.75, 3.05) is 12.4 Å². The van der Waals surface area contributed by atoms with Crippen LogP contribution in [-0.2, 0) is 48.0 Å². The summed E-state index contributed by atoms with van der Waals surface area (Å²) < 4.78 is 81.3. The maximum absolute atomic E-state index is 14.1. The summed E-state index contributed by atoms with van der Waals surface area (Å²) in [5.41, 5.74) is -0.773. The van der Waals surface area contributed by atoms with E-state index in [1.807, 2.05) is 12.1 Å². The third kappa shape index (κ3) is 17.3. The second-order valence-electron chi connectivity index (χ2n) is 28.5. The lowest BCUT2D eigenvalue weighted by molar-refractivity contribution is -0.186. The van der Waals surface area contributed by atoms with E-state index in [4.69, 9.17) is 31.6 Å². The molecule has 430 valence electrons. The van der Waals surface area contributed by atoms with Crippen LogP contribution in [-0.4, -0.2) is 104 Å². The van der Waals surface area contributed by atoms with Gasteiger partial charge in [0.2, 0.25) is 0 Å². The van der Waals surface area contributed by atoms with Crippen LogP contribution in [0.3, 0.4) is 0 Å². The van der Waals surface area contributed by atoms with E-state index in [9.17, 15) is 8.42 Å². The number of hydrogen-bond donors (Lipinski definition) is 0. The van der Waals surface area contributed by atoms with Gasteiger partial charge in [0.05, 0.1) is 46.8 Å². The van der Waals surface area contributed by atoms with Gasteiger partial charge in [0.25, 0.3) is 8.32 Å². The Hall–Kier alpha value is -2.37. The normalized spacial score (nSPS) is 20.6. The van der Waals surface area contributed by atoms with Crippen molar-refractivity contribution < 1.29 is 40.0 Å². The molecule has 0 spiro atoms. The molecule has 0 aliphatic carbocycles. The molecule has 1 aliphatic rings. The van der Waals surface area contributed by atoms with Crippen LogP contribution in [0.5, 0.6) is 0 Å². The molecular formula is C62H102O9SSi5. The Morgan fingerprint density at radius 3 is 1.56 bits per heavy atom. The van der Waals surface area contributed by atoms with Gasteiger partial charge in [-0.05, 0) is 135 Å². The van der Waals surface area contributed by atoms with E-state index < -0.39 is 93.1 Å². The second-order valence-corrected chi connectivity index (χ2v) is 53.3. The average molecular weight is 1160 g/mol. The predicted molar refractivity (Wildman–Crippen MR) is 334 cm³/mol. The first-order valence-electron chi connectivity index (χ1n) is 28.3. The Morgan fingerprint density at radius 1 is 0.623 bits per heavy atom. The van der Waals surface area contributed by atoms with Gasteiger partial charge in [-0.1, -0.05) is 172 Å². The van der Waals surface area contributed by atoms with Crippen LogP contribution >= 0.6 is 0 Å². The first-order valence-corrected chi connectivity index (χ1v) is 44.5. The van der Waals surface area contributed by atoms with Crippen LogP contribution in [0, 0.1) is 0 Å². The number of ether oxygens (including phenoxy) is 2. The van der Waals surface area contributed by atoms with Gasteiger partial charge < -0.3 is 31.6 Å². The fraction of sp³-hybridized carbons (Fsp3) is 0.613. The zero-order chi connectivity index (χ0) is 57.7. The topological polar surface area (TPSA) is 98.8 Å². The fourth-order valence-corrected chi connectivity index (χ4v) is 22.2. The number of rotatable bonds is 26. The lowest BCUT2D eigenvalue weighted by Crippen LogP contribution is -2.66. The van der Waals surface area contributed by atoms with Crippen molar-refractivity contribution in [3.63, 3.8) is 0 Å². The zero-order valence-corrected chi connectivity index (χ0v) is 57.3. The van der Waals surface area contributed by atoms with E-state index in [0.717, 1.165) is 5.56 Å². The third-order valence-electron chi connectivity index (χ3n) is 16.3. The van der Waals surface area contributed by atoms with Crippen LogP contribution in [0.25, 0.3) is 0 Å². The maximum atomic E-state index is 14.1. The summed E-state index contributed by atoms with van der Waals surface area (Å²) in [6, 6.07) is 40.8. The highest BCUT2D eigenvalue weighted by atomic mass is 32.2. The molecule has 1 saturated heterocycles. The minimum atomic E-state index is -3.62. The van der Waals surface area contributed by atoms with E-state index >= 15 is 0 Å². The first kappa shape index (κ1) is 65.4. The van der Waals surface area contributed by atoms with E-state index in [2.05, 4.69) is 227 Å². The summed E-state index contributed by atoms with van der Waals surface area (Å²) in [6.45, 7) is 48.3. The molecule has 0 unspecified atom stereocenters. The summed E-state index contributed by atoms with van der Waals surface area (Å²) in [5, 5.41) is 2.01. The second kappa shape index (κ2) is 25.0. The summed E-state index contributed by atoms with van der Waals surface area (Å²) in [6.07, 6.45) is -0.705. The van der Waals surface area contributed by atoms with Crippen molar-refractivity contribution >= 4 is 61.8 Å². The van der Waals surface area contributed by atoms with Gasteiger partial charge in [0, 0.05) is 19.4 Å². The van der Waals surface area contributed by atoms with Crippen LogP contribution < -0.4 is 10.4 Å². The van der Waals surface area contributed by atoms with Crippen molar-refractivity contribution in [2.24, 2.45) is 0 Å². The predicted octanol–water partition coefficient (Wildman–Crippen LogP) is 15.0. The molecule has 4 aromatic rings. The van der Waals surface area contributed by atoms with Crippen molar-refractivity contribution in [1.82, 2.24) is 0 Å². The maximum Gasteiger partial charge on any atom is 0.261 e. The Bertz CT molecular complexity index is 2510. The summed E-state index contributed by atoms with van der Waals surface area (Å²) in [7, 11) is -16.2. The Balaban J connectivity index is 1.70. The minimum Gasteiger partial charge on any atom is -0.412 e. The molecule has 1 heterocycles. The molecule has 1 fully saturated rings. The highest BCUT2D eigenvalue weighted by Crippen LogP contribution is 2.48. The van der Waals surface area contributed by atoms with E-state index in [0.29, 0.717) is 37.4 Å². The Kier molecular flexibility index (Phi) is 21.3. The molecule has 15 heteroatoms. The van der Waals surface area contributed by atoms with Gasteiger partial charge in [-0.2, -0.15) is 0 Å². The Morgan fingerprint density at radius 2 is 1.10 bits per heavy atom. The molecule has 0 amide bonds. The minimum absolute atomic E-state index is 0.0668. The average Bonchev–Trinajstić information content (AvgIpc) is 3.64. The van der Waals surface area contributed by atoms with Gasteiger partial charge in [-0.15, -0.1) is 0 Å². The molecular weight excluding hydrogens is 1060 g/mol. The third-order valence-corrected chi connectivity index (χ3v) is 34.2. The SMILES string of the molecule is CC(C)(C)[Si](C)(C)O[C@H]1C[C@](C)([C@@H](OCc2ccccc2)[C@H](CCO[Si](c2ccccc2)(c2ccccc2)C(C)(C)C)O[Si](C)(C)C(C)(C)C)O[C@@H]1[C@@H](C[C@](C)(CCS(=O)(=O)c1ccccc1)O[Si](C)(C)C)O[Si](C)(C)C. The van der Waals surface area contributed by atoms with Crippen LogP contribution in [0.15, 0.2) is 126 Å². The smallest absolute Gasteiger partial charge is 0.261 e. The number of sulfone groups is 1. The molecule has 77 heavy (non-hydrogen) atoms. The number of benzene rings is 4. The molecule has 1 aliphatic heterocycles. The van der Waals surface area contributed by atoms with Gasteiger partial charge in [0.15, 0.2) is 43.1 Å². The van der Waals surface area contributed by atoms with Gasteiger partial charge in [-0.3, -0.25) is 0 Å². The van der Waals surface area contributed by atoms with Crippen molar-refractivity contribution in [2.45, 2.75) is 236 Å². The summed E-state index contributed by atoms with van der Waals surface area (Å²) in [4.78, 5) is 0.316. The largest absolute Gasteiger partial charge is 0.412 e. The quantitative estimate of drug-likeness (QED) is 0.0569. The molecule has 0 radical (unpaired) electrons. The van der Waals surface area contributed by atoms with Crippen LogP contribution in [0.2, 0.25) is 80.6 Å². The highest BCUT2D eigenvalue weighted by molar-refractivity contribution is 7.91. The van der Waals surface area contributed by atoms with Crippen LogP contribution in [0.4, 0.5) is 0 Å². The van der Waals surface area contributed by atoms with Crippen molar-refractivity contribution in [3.8, 4) is 0 Å². The monoisotopic (exact) mass is 1160 g/mol. The fourth-order valence-electron chi connectivity index (χ4n) is 10.6. The van der Waals surface area contributed by atoms with Gasteiger partial charge >= 0.3 is 0 Å².